The van der Waals surface area contributed by atoms with Crippen molar-refractivity contribution < 1.29 is 23.8 Å². The number of nitrogens with zero attached hydrogens (tertiary/aromatic N) is 1. The normalized spacial score (nSPS) is 8.00. The van der Waals surface area contributed by atoms with E-state index in [0.29, 0.717) is 0 Å². The van der Waals surface area contributed by atoms with E-state index in [-0.39, 0.29) is 24.5 Å². The maximum absolute atomic E-state index is 9.99. The first-order chi connectivity index (χ1) is 4.30. The molecule has 3 nitrogen and oxygen atoms in total. The van der Waals surface area contributed by atoms with E-state index in [4.69, 9.17) is 0 Å². The quantitative estimate of drug-likeness (QED) is 0.198. The minimum Gasteiger partial charge on any atom is -0.270 e. The summed E-state index contributed by atoms with van der Waals surface area (Å²) in [6.07, 6.45) is 0. The van der Waals surface area contributed by atoms with Gasteiger partial charge in [-0.05, 0) is 0 Å². The fraction of sp³-hybridized carbons (Fsp3) is 0. The number of benzene rings is 1. The first-order valence-corrected chi connectivity index (χ1v) is 2.41. The largest absolute Gasteiger partial charge is 1.00 e. The summed E-state index contributed by atoms with van der Waals surface area (Å²) in [4.78, 5) is 9.54. The van der Waals surface area contributed by atoms with Gasteiger partial charge in [-0.15, -0.1) is 6.07 Å². The molecule has 0 fully saturated rings. The monoisotopic (exact) mass is 129 g/mol. The summed E-state index contributed by atoms with van der Waals surface area (Å²) >= 11 is 0. The molecular formula is C6H4LiNO2. The fourth-order valence-electron chi connectivity index (χ4n) is 0.497. The Balaban J connectivity index is 0.000000810. The number of nitro benzene ring substituents is 1. The van der Waals surface area contributed by atoms with Crippen LogP contribution in [0.1, 0.15) is 0 Å². The van der Waals surface area contributed by atoms with E-state index in [1.165, 1.54) is 12.1 Å². The molecule has 0 saturated carbocycles. The van der Waals surface area contributed by atoms with Crippen LogP contribution >= 0.6 is 0 Å². The zero-order valence-corrected chi connectivity index (χ0v) is 5.57. The molecule has 0 spiro atoms. The predicted molar refractivity (Wildman–Crippen MR) is 31.9 cm³/mol. The Kier molecular flexibility index (Phi) is 3.78. The molecule has 0 bridgehead atoms. The topological polar surface area (TPSA) is 43.1 Å². The SMILES string of the molecule is O=[N+]([O-])c1c[c-]ccc1.[Li+]. The van der Waals surface area contributed by atoms with Crippen molar-refractivity contribution in [2.45, 2.75) is 0 Å². The van der Waals surface area contributed by atoms with E-state index in [1.54, 1.807) is 12.1 Å². The molecule has 0 atom stereocenters. The number of hydrogen-bond acceptors (Lipinski definition) is 2. The minimum atomic E-state index is -0.448. The van der Waals surface area contributed by atoms with Crippen LogP contribution < -0.4 is 18.9 Å². The third-order valence-electron chi connectivity index (χ3n) is 0.901. The molecule has 0 radical (unpaired) electrons. The van der Waals surface area contributed by atoms with Crippen molar-refractivity contribution in [2.24, 2.45) is 0 Å². The van der Waals surface area contributed by atoms with Crippen molar-refractivity contribution in [3.8, 4) is 0 Å². The van der Waals surface area contributed by atoms with Crippen LogP contribution in [0.3, 0.4) is 0 Å². The van der Waals surface area contributed by atoms with Crippen molar-refractivity contribution in [1.82, 2.24) is 0 Å². The third-order valence-corrected chi connectivity index (χ3v) is 0.901. The Labute approximate surface area is 70.4 Å². The van der Waals surface area contributed by atoms with E-state index >= 15 is 0 Å². The van der Waals surface area contributed by atoms with Crippen LogP contribution in [0.15, 0.2) is 24.3 Å². The summed E-state index contributed by atoms with van der Waals surface area (Å²) < 4.78 is 0. The molecular weight excluding hydrogens is 125 g/mol. The second-order valence-electron chi connectivity index (χ2n) is 1.52. The number of hydrogen-bond donors (Lipinski definition) is 0. The summed E-state index contributed by atoms with van der Waals surface area (Å²) in [5, 5.41) is 9.99. The van der Waals surface area contributed by atoms with E-state index in [0.717, 1.165) is 0 Å². The standard InChI is InChI=1S/C6H4NO2.Li/c8-7(9)6-4-2-1-3-5-6;/h1-2,4-5H;/q-1;+1. The third kappa shape index (κ3) is 2.22. The number of non-ortho nitro benzene ring substituents is 1. The van der Waals surface area contributed by atoms with Gasteiger partial charge in [-0.3, -0.25) is 10.1 Å². The van der Waals surface area contributed by atoms with Gasteiger partial charge in [0, 0.05) is 4.92 Å². The van der Waals surface area contributed by atoms with Crippen molar-refractivity contribution in [1.29, 1.82) is 0 Å². The fourth-order valence-corrected chi connectivity index (χ4v) is 0.497. The Morgan fingerprint density at radius 1 is 1.60 bits per heavy atom. The molecule has 0 saturated heterocycles. The Hall–Kier alpha value is -0.783. The Morgan fingerprint density at radius 3 is 2.60 bits per heavy atom. The summed E-state index contributed by atoms with van der Waals surface area (Å²) in [6, 6.07) is 8.56. The number of rotatable bonds is 1. The van der Waals surface area contributed by atoms with Crippen LogP contribution in [0.25, 0.3) is 0 Å². The average Bonchev–Trinajstić information content (AvgIpc) is 1.90. The molecule has 0 heterocycles. The maximum Gasteiger partial charge on any atom is 1.00 e. The average molecular weight is 129 g/mol. The first kappa shape index (κ1) is 9.22. The smallest absolute Gasteiger partial charge is 0.270 e. The first-order valence-electron chi connectivity index (χ1n) is 2.41. The molecule has 4 heteroatoms. The Morgan fingerprint density at radius 2 is 2.30 bits per heavy atom. The zero-order chi connectivity index (χ0) is 6.69. The van der Waals surface area contributed by atoms with Crippen LogP contribution in [-0.4, -0.2) is 4.92 Å². The summed E-state index contributed by atoms with van der Waals surface area (Å²) in [5.41, 5.74) is 0.0810. The summed E-state index contributed by atoms with van der Waals surface area (Å²) in [6.45, 7) is 0. The van der Waals surface area contributed by atoms with E-state index in [9.17, 15) is 10.1 Å². The summed E-state index contributed by atoms with van der Waals surface area (Å²) in [5.74, 6) is 0. The molecule has 1 aromatic carbocycles. The van der Waals surface area contributed by atoms with Crippen LogP contribution in [0.4, 0.5) is 5.69 Å². The molecule has 0 aliphatic rings. The van der Waals surface area contributed by atoms with Crippen LogP contribution in [0.2, 0.25) is 0 Å². The van der Waals surface area contributed by atoms with Crippen molar-refractivity contribution in [3.05, 3.63) is 40.4 Å². The molecule has 0 amide bonds. The molecule has 0 aromatic heterocycles. The van der Waals surface area contributed by atoms with Crippen LogP contribution in [0.5, 0.6) is 0 Å². The van der Waals surface area contributed by atoms with Crippen molar-refractivity contribution >= 4 is 5.69 Å². The molecule has 1 rings (SSSR count). The summed E-state index contributed by atoms with van der Waals surface area (Å²) in [7, 11) is 0. The molecule has 46 valence electrons. The van der Waals surface area contributed by atoms with E-state index < -0.39 is 4.92 Å². The molecule has 0 N–H and O–H groups in total. The van der Waals surface area contributed by atoms with Gasteiger partial charge in [-0.25, -0.2) is 0 Å². The van der Waals surface area contributed by atoms with Gasteiger partial charge in [-0.2, -0.15) is 18.2 Å². The van der Waals surface area contributed by atoms with E-state index in [1.807, 2.05) is 0 Å². The van der Waals surface area contributed by atoms with Gasteiger partial charge in [0.25, 0.3) is 0 Å². The van der Waals surface area contributed by atoms with Gasteiger partial charge in [-0.1, -0.05) is 6.07 Å². The predicted octanol–water partition coefficient (Wildman–Crippen LogP) is -1.60. The van der Waals surface area contributed by atoms with Crippen molar-refractivity contribution in [3.63, 3.8) is 0 Å². The van der Waals surface area contributed by atoms with Gasteiger partial charge in [0.15, 0.2) is 5.69 Å². The van der Waals surface area contributed by atoms with Gasteiger partial charge in [0.1, 0.15) is 0 Å². The van der Waals surface area contributed by atoms with E-state index in [2.05, 4.69) is 6.07 Å². The zero-order valence-electron chi connectivity index (χ0n) is 5.57. The maximum atomic E-state index is 9.99. The van der Waals surface area contributed by atoms with Crippen molar-refractivity contribution in [2.75, 3.05) is 0 Å². The van der Waals surface area contributed by atoms with Gasteiger partial charge in [0.05, 0.1) is 0 Å². The van der Waals surface area contributed by atoms with Gasteiger partial charge in [0.2, 0.25) is 0 Å². The minimum absolute atomic E-state index is 0. The van der Waals surface area contributed by atoms with Gasteiger partial charge < -0.3 is 0 Å². The van der Waals surface area contributed by atoms with Crippen LogP contribution in [0, 0.1) is 16.2 Å². The number of nitro groups is 1. The second kappa shape index (κ2) is 4.10. The molecule has 1 aromatic rings. The van der Waals surface area contributed by atoms with Gasteiger partial charge >= 0.3 is 18.9 Å². The molecule has 10 heavy (non-hydrogen) atoms. The molecule has 0 aliphatic carbocycles. The Bertz CT molecular complexity index is 212. The molecule has 0 unspecified atom stereocenters. The second-order valence-corrected chi connectivity index (χ2v) is 1.52. The van der Waals surface area contributed by atoms with Crippen LogP contribution in [-0.2, 0) is 0 Å². The molecule has 0 aliphatic heterocycles.